The van der Waals surface area contributed by atoms with Crippen LogP contribution in [0, 0.1) is 0 Å². The Balaban J connectivity index is 2.60. The number of hydrogen-bond donors (Lipinski definition) is 3. The summed E-state index contributed by atoms with van der Waals surface area (Å²) in [5, 5.41) is 11.5. The molecule has 1 unspecified atom stereocenters. The second-order valence-electron chi connectivity index (χ2n) is 5.04. The van der Waals surface area contributed by atoms with Gasteiger partial charge in [-0.2, -0.15) is 13.2 Å². The number of aliphatic carboxylic acids is 1. The Labute approximate surface area is 151 Å². The molecule has 0 aromatic heterocycles. The zero-order chi connectivity index (χ0) is 18.9. The monoisotopic (exact) mass is 396 g/mol. The standard InChI is InChI=1S/C15H19F3N2O3S2/c16-15(17,18)11-3-1-2-10(8-11)9-12(14(22)23)20-13(21)4-6-24-25-7-5-19/h1-3,8,12H,4-7,9,19H2,(H,20,21)(H,22,23). The molecule has 0 bridgehead atoms. The lowest BCUT2D eigenvalue weighted by molar-refractivity contribution is -0.141. The van der Waals surface area contributed by atoms with Crippen LogP contribution in [-0.4, -0.2) is 41.1 Å². The Kier molecular flexibility index (Phi) is 9.15. The maximum absolute atomic E-state index is 12.7. The van der Waals surface area contributed by atoms with Crippen LogP contribution in [0.5, 0.6) is 0 Å². The summed E-state index contributed by atoms with van der Waals surface area (Å²) in [6, 6.07) is 3.13. The van der Waals surface area contributed by atoms with Crippen molar-refractivity contribution in [1.82, 2.24) is 5.32 Å². The fourth-order valence-corrected chi connectivity index (χ4v) is 3.72. The number of nitrogens with two attached hydrogens (primary N) is 1. The van der Waals surface area contributed by atoms with Crippen LogP contribution < -0.4 is 11.1 Å². The first-order chi connectivity index (χ1) is 11.7. The molecule has 0 aliphatic heterocycles. The van der Waals surface area contributed by atoms with Crippen molar-refractivity contribution in [2.45, 2.75) is 25.1 Å². The number of carbonyl (C=O) groups excluding carboxylic acids is 1. The summed E-state index contributed by atoms with van der Waals surface area (Å²) < 4.78 is 38.1. The van der Waals surface area contributed by atoms with Crippen LogP contribution in [0.1, 0.15) is 17.5 Å². The second-order valence-corrected chi connectivity index (χ2v) is 7.75. The molecule has 0 saturated carbocycles. The van der Waals surface area contributed by atoms with E-state index in [0.717, 1.165) is 17.9 Å². The van der Waals surface area contributed by atoms with E-state index >= 15 is 0 Å². The molecule has 10 heteroatoms. The number of alkyl halides is 3. The van der Waals surface area contributed by atoms with E-state index in [0.29, 0.717) is 12.3 Å². The SMILES string of the molecule is NCCSSCCC(=O)NC(Cc1cccc(C(F)(F)F)c1)C(=O)O. The molecule has 0 aliphatic carbocycles. The maximum Gasteiger partial charge on any atom is 0.416 e. The van der Waals surface area contributed by atoms with Crippen LogP contribution in [-0.2, 0) is 22.2 Å². The molecule has 0 saturated heterocycles. The fourth-order valence-electron chi connectivity index (χ4n) is 1.88. The molecule has 0 radical (unpaired) electrons. The third-order valence-corrected chi connectivity index (χ3v) is 5.46. The third-order valence-electron chi connectivity index (χ3n) is 3.02. The molecular weight excluding hydrogens is 377 g/mol. The topological polar surface area (TPSA) is 92.4 Å². The van der Waals surface area contributed by atoms with Crippen LogP contribution in [0.4, 0.5) is 13.2 Å². The van der Waals surface area contributed by atoms with Gasteiger partial charge in [0.25, 0.3) is 0 Å². The van der Waals surface area contributed by atoms with Gasteiger partial charge in [0.2, 0.25) is 5.91 Å². The molecule has 5 nitrogen and oxygen atoms in total. The van der Waals surface area contributed by atoms with Crippen LogP contribution in [0.2, 0.25) is 0 Å². The van der Waals surface area contributed by atoms with E-state index in [1.54, 1.807) is 0 Å². The lowest BCUT2D eigenvalue weighted by Crippen LogP contribution is -2.42. The number of amides is 1. The average Bonchev–Trinajstić information content (AvgIpc) is 2.53. The van der Waals surface area contributed by atoms with E-state index in [9.17, 15) is 27.9 Å². The highest BCUT2D eigenvalue weighted by molar-refractivity contribution is 8.76. The number of halogens is 3. The number of carbonyl (C=O) groups is 2. The number of benzene rings is 1. The quantitative estimate of drug-likeness (QED) is 0.416. The molecule has 0 heterocycles. The van der Waals surface area contributed by atoms with Gasteiger partial charge in [-0.05, 0) is 11.6 Å². The molecular formula is C15H19F3N2O3S2. The van der Waals surface area contributed by atoms with Gasteiger partial charge >= 0.3 is 12.1 Å². The molecule has 0 fully saturated rings. The predicted octanol–water partition coefficient (Wildman–Crippen LogP) is 2.55. The average molecular weight is 396 g/mol. The molecule has 0 spiro atoms. The summed E-state index contributed by atoms with van der Waals surface area (Å²) >= 11 is 0. The first kappa shape index (κ1) is 21.7. The Hall–Kier alpha value is -1.39. The van der Waals surface area contributed by atoms with Crippen molar-refractivity contribution in [3.63, 3.8) is 0 Å². The molecule has 0 aliphatic rings. The molecule has 1 amide bonds. The summed E-state index contributed by atoms with van der Waals surface area (Å²) in [6.45, 7) is 0.530. The molecule has 1 aromatic rings. The molecule has 4 N–H and O–H groups in total. The van der Waals surface area contributed by atoms with Gasteiger partial charge in [0.1, 0.15) is 6.04 Å². The highest BCUT2D eigenvalue weighted by Gasteiger charge is 2.31. The normalized spacial score (nSPS) is 12.6. The lowest BCUT2D eigenvalue weighted by Gasteiger charge is -2.15. The minimum Gasteiger partial charge on any atom is -0.480 e. The van der Waals surface area contributed by atoms with Crippen molar-refractivity contribution in [3.8, 4) is 0 Å². The van der Waals surface area contributed by atoms with Gasteiger partial charge in [-0.3, -0.25) is 4.79 Å². The summed E-state index contributed by atoms with van der Waals surface area (Å²) in [4.78, 5) is 23.1. The van der Waals surface area contributed by atoms with E-state index in [-0.39, 0.29) is 18.4 Å². The second kappa shape index (κ2) is 10.6. The predicted molar refractivity (Wildman–Crippen MR) is 93.3 cm³/mol. The smallest absolute Gasteiger partial charge is 0.416 e. The number of carboxylic acids is 1. The van der Waals surface area contributed by atoms with Gasteiger partial charge in [0.15, 0.2) is 0 Å². The van der Waals surface area contributed by atoms with Gasteiger partial charge in [-0.25, -0.2) is 4.79 Å². The van der Waals surface area contributed by atoms with E-state index in [4.69, 9.17) is 5.73 Å². The zero-order valence-electron chi connectivity index (χ0n) is 13.2. The van der Waals surface area contributed by atoms with Crippen molar-refractivity contribution in [2.75, 3.05) is 18.1 Å². The molecule has 1 rings (SSSR count). The molecule has 25 heavy (non-hydrogen) atoms. The van der Waals surface area contributed by atoms with E-state index < -0.39 is 29.7 Å². The third kappa shape index (κ3) is 8.50. The first-order valence-electron chi connectivity index (χ1n) is 7.37. The Morgan fingerprint density at radius 2 is 1.92 bits per heavy atom. The number of hydrogen-bond acceptors (Lipinski definition) is 5. The van der Waals surface area contributed by atoms with Gasteiger partial charge in [0.05, 0.1) is 5.56 Å². The van der Waals surface area contributed by atoms with E-state index in [1.165, 1.54) is 33.7 Å². The summed E-state index contributed by atoms with van der Waals surface area (Å²) in [7, 11) is 2.97. The van der Waals surface area contributed by atoms with Gasteiger partial charge in [-0.15, -0.1) is 0 Å². The lowest BCUT2D eigenvalue weighted by atomic mass is 10.0. The van der Waals surface area contributed by atoms with Crippen LogP contribution >= 0.6 is 21.6 Å². The first-order valence-corrected chi connectivity index (χ1v) is 9.85. The van der Waals surface area contributed by atoms with Crippen LogP contribution in [0.3, 0.4) is 0 Å². The number of rotatable bonds is 10. The maximum atomic E-state index is 12.7. The van der Waals surface area contributed by atoms with Crippen molar-refractivity contribution >= 4 is 33.5 Å². The zero-order valence-corrected chi connectivity index (χ0v) is 14.8. The van der Waals surface area contributed by atoms with Gasteiger partial charge in [0, 0.05) is 30.9 Å². The van der Waals surface area contributed by atoms with E-state index in [2.05, 4.69) is 5.32 Å². The van der Waals surface area contributed by atoms with Crippen molar-refractivity contribution in [3.05, 3.63) is 35.4 Å². The molecule has 1 atom stereocenters. The van der Waals surface area contributed by atoms with Gasteiger partial charge in [-0.1, -0.05) is 39.8 Å². The van der Waals surface area contributed by atoms with Crippen LogP contribution in [0.15, 0.2) is 24.3 Å². The molecule has 1 aromatic carbocycles. The minimum atomic E-state index is -4.50. The summed E-state index contributed by atoms with van der Waals surface area (Å²) in [5.74, 6) is -0.512. The molecule has 140 valence electrons. The Bertz CT molecular complexity index is 585. The van der Waals surface area contributed by atoms with E-state index in [1.807, 2.05) is 0 Å². The van der Waals surface area contributed by atoms with Crippen molar-refractivity contribution in [2.24, 2.45) is 5.73 Å². The minimum absolute atomic E-state index is 0.120. The highest BCUT2D eigenvalue weighted by Crippen LogP contribution is 2.29. The Morgan fingerprint density at radius 3 is 2.52 bits per heavy atom. The van der Waals surface area contributed by atoms with Crippen LogP contribution in [0.25, 0.3) is 0 Å². The van der Waals surface area contributed by atoms with Crippen molar-refractivity contribution < 1.29 is 27.9 Å². The Morgan fingerprint density at radius 1 is 1.24 bits per heavy atom. The summed E-state index contributed by atoms with van der Waals surface area (Å²) in [5.41, 5.74) is 4.67. The number of carboxylic acid groups (broad SMARTS) is 1. The number of nitrogens with one attached hydrogen (secondary N) is 1. The summed E-state index contributed by atoms with van der Waals surface area (Å²) in [6.07, 6.45) is -4.61. The largest absolute Gasteiger partial charge is 0.480 e. The van der Waals surface area contributed by atoms with Gasteiger partial charge < -0.3 is 16.2 Å². The fraction of sp³-hybridized carbons (Fsp3) is 0.467. The van der Waals surface area contributed by atoms with Crippen molar-refractivity contribution in [1.29, 1.82) is 0 Å². The highest BCUT2D eigenvalue weighted by atomic mass is 33.1.